The Bertz CT molecular complexity index is 720. The molecule has 0 aromatic heterocycles. The number of anilines is 1. The van der Waals surface area contributed by atoms with Crippen LogP contribution in [0, 0.1) is 5.82 Å². The van der Waals surface area contributed by atoms with E-state index in [2.05, 4.69) is 21.2 Å². The maximum atomic E-state index is 13.9. The summed E-state index contributed by atoms with van der Waals surface area (Å²) in [6, 6.07) is 9.98. The number of carbonyl (C=O) groups is 1. The van der Waals surface area contributed by atoms with Gasteiger partial charge in [0.2, 0.25) is 0 Å². The maximum Gasteiger partial charge on any atom is 0.251 e. The highest BCUT2D eigenvalue weighted by atomic mass is 79.9. The summed E-state index contributed by atoms with van der Waals surface area (Å²) in [7, 11) is 5.07. The van der Waals surface area contributed by atoms with Crippen LogP contribution in [-0.2, 0) is 6.54 Å². The molecule has 122 valence electrons. The van der Waals surface area contributed by atoms with Gasteiger partial charge in [0, 0.05) is 36.2 Å². The van der Waals surface area contributed by atoms with Crippen molar-refractivity contribution in [2.24, 2.45) is 0 Å². The van der Waals surface area contributed by atoms with E-state index in [0.717, 1.165) is 10.0 Å². The Morgan fingerprint density at radius 3 is 2.61 bits per heavy atom. The highest BCUT2D eigenvalue weighted by Crippen LogP contribution is 2.23. The molecule has 0 fully saturated rings. The lowest BCUT2D eigenvalue weighted by atomic mass is 10.1. The second-order valence-corrected chi connectivity index (χ2v) is 6.12. The Balaban J connectivity index is 2.11. The SMILES string of the molecule is COc1ccc(Br)cc1CNC(=O)c1ccc(N(C)C)c(F)c1. The van der Waals surface area contributed by atoms with Crippen molar-refractivity contribution < 1.29 is 13.9 Å². The van der Waals surface area contributed by atoms with Gasteiger partial charge in [0.25, 0.3) is 5.91 Å². The summed E-state index contributed by atoms with van der Waals surface area (Å²) in [6.45, 7) is 0.290. The van der Waals surface area contributed by atoms with Crippen LogP contribution in [-0.4, -0.2) is 27.1 Å². The van der Waals surface area contributed by atoms with Gasteiger partial charge >= 0.3 is 0 Å². The number of ether oxygens (including phenoxy) is 1. The van der Waals surface area contributed by atoms with Crippen molar-refractivity contribution in [3.05, 3.63) is 57.8 Å². The summed E-state index contributed by atoms with van der Waals surface area (Å²) in [5.41, 5.74) is 1.55. The molecule has 0 aliphatic rings. The number of halogens is 2. The third-order valence-electron chi connectivity index (χ3n) is 3.37. The van der Waals surface area contributed by atoms with Crippen molar-refractivity contribution in [2.75, 3.05) is 26.1 Å². The maximum absolute atomic E-state index is 13.9. The van der Waals surface area contributed by atoms with Gasteiger partial charge in [0.05, 0.1) is 12.8 Å². The van der Waals surface area contributed by atoms with E-state index in [9.17, 15) is 9.18 Å². The monoisotopic (exact) mass is 380 g/mol. The number of hydrogen-bond donors (Lipinski definition) is 1. The molecule has 0 saturated heterocycles. The molecule has 0 bridgehead atoms. The molecule has 0 heterocycles. The predicted octanol–water partition coefficient (Wildman–Crippen LogP) is 3.59. The van der Waals surface area contributed by atoms with Crippen LogP contribution in [0.2, 0.25) is 0 Å². The summed E-state index contributed by atoms with van der Waals surface area (Å²) >= 11 is 3.39. The second kappa shape index (κ2) is 7.46. The molecule has 4 nitrogen and oxygen atoms in total. The number of rotatable bonds is 5. The molecule has 0 aliphatic heterocycles. The summed E-state index contributed by atoms with van der Waals surface area (Å²) in [6.07, 6.45) is 0. The minimum Gasteiger partial charge on any atom is -0.496 e. The lowest BCUT2D eigenvalue weighted by Crippen LogP contribution is -2.23. The van der Waals surface area contributed by atoms with Crippen LogP contribution in [0.3, 0.4) is 0 Å². The van der Waals surface area contributed by atoms with Crippen LogP contribution in [0.4, 0.5) is 10.1 Å². The van der Waals surface area contributed by atoms with E-state index >= 15 is 0 Å². The van der Waals surface area contributed by atoms with Gasteiger partial charge in [-0.1, -0.05) is 15.9 Å². The first kappa shape index (κ1) is 17.3. The zero-order valence-corrected chi connectivity index (χ0v) is 14.8. The Morgan fingerprint density at radius 1 is 1.26 bits per heavy atom. The molecule has 0 saturated carbocycles. The van der Waals surface area contributed by atoms with E-state index in [0.29, 0.717) is 18.0 Å². The van der Waals surface area contributed by atoms with E-state index in [1.807, 2.05) is 18.2 Å². The minimum atomic E-state index is -0.428. The average Bonchev–Trinajstić information content (AvgIpc) is 2.52. The quantitative estimate of drug-likeness (QED) is 0.861. The van der Waals surface area contributed by atoms with E-state index in [-0.39, 0.29) is 11.5 Å². The number of nitrogens with zero attached hydrogens (tertiary/aromatic N) is 1. The summed E-state index contributed by atoms with van der Waals surface area (Å²) < 4.78 is 20.1. The fraction of sp³-hybridized carbons (Fsp3) is 0.235. The van der Waals surface area contributed by atoms with Crippen LogP contribution >= 0.6 is 15.9 Å². The van der Waals surface area contributed by atoms with Gasteiger partial charge in [0.15, 0.2) is 0 Å². The molecule has 1 N–H and O–H groups in total. The topological polar surface area (TPSA) is 41.6 Å². The fourth-order valence-corrected chi connectivity index (χ4v) is 2.58. The smallest absolute Gasteiger partial charge is 0.251 e. The van der Waals surface area contributed by atoms with Crippen molar-refractivity contribution in [2.45, 2.75) is 6.54 Å². The molecule has 0 atom stereocenters. The number of carbonyl (C=O) groups excluding carboxylic acids is 1. The Morgan fingerprint density at radius 2 is 2.00 bits per heavy atom. The molecule has 1 amide bonds. The van der Waals surface area contributed by atoms with Crippen molar-refractivity contribution in [1.82, 2.24) is 5.32 Å². The molecule has 6 heteroatoms. The normalized spacial score (nSPS) is 10.3. The predicted molar refractivity (Wildman–Crippen MR) is 92.6 cm³/mol. The van der Waals surface area contributed by atoms with Gasteiger partial charge in [0.1, 0.15) is 11.6 Å². The third-order valence-corrected chi connectivity index (χ3v) is 3.87. The Hall–Kier alpha value is -2.08. The highest BCUT2D eigenvalue weighted by molar-refractivity contribution is 9.10. The van der Waals surface area contributed by atoms with E-state index in [1.54, 1.807) is 38.2 Å². The van der Waals surface area contributed by atoms with Crippen molar-refractivity contribution in [1.29, 1.82) is 0 Å². The molecular formula is C17H18BrFN2O2. The van der Waals surface area contributed by atoms with Gasteiger partial charge in [-0.15, -0.1) is 0 Å². The molecular weight excluding hydrogens is 363 g/mol. The van der Waals surface area contributed by atoms with Gasteiger partial charge in [-0.3, -0.25) is 4.79 Å². The largest absolute Gasteiger partial charge is 0.496 e. The molecule has 0 radical (unpaired) electrons. The summed E-state index contributed by atoms with van der Waals surface area (Å²) in [5, 5.41) is 2.77. The zero-order valence-electron chi connectivity index (χ0n) is 13.2. The summed E-state index contributed by atoms with van der Waals surface area (Å²) in [4.78, 5) is 13.8. The fourth-order valence-electron chi connectivity index (χ4n) is 2.17. The van der Waals surface area contributed by atoms with Crippen LogP contribution in [0.15, 0.2) is 40.9 Å². The number of nitrogens with one attached hydrogen (secondary N) is 1. The lowest BCUT2D eigenvalue weighted by molar-refractivity contribution is 0.0950. The van der Waals surface area contributed by atoms with Crippen molar-refractivity contribution in [3.63, 3.8) is 0 Å². The summed E-state index contributed by atoms with van der Waals surface area (Å²) in [5.74, 6) is -0.0819. The van der Waals surface area contributed by atoms with E-state index < -0.39 is 5.82 Å². The first-order valence-electron chi connectivity index (χ1n) is 7.00. The van der Waals surface area contributed by atoms with Gasteiger partial charge < -0.3 is 15.0 Å². The molecule has 23 heavy (non-hydrogen) atoms. The van der Waals surface area contributed by atoms with Crippen molar-refractivity contribution in [3.8, 4) is 5.75 Å². The van der Waals surface area contributed by atoms with E-state index in [1.165, 1.54) is 6.07 Å². The third kappa shape index (κ3) is 4.22. The molecule has 2 aromatic rings. The number of benzene rings is 2. The lowest BCUT2D eigenvalue weighted by Gasteiger charge is -2.14. The molecule has 2 aromatic carbocycles. The van der Waals surface area contributed by atoms with Crippen LogP contribution in [0.5, 0.6) is 5.75 Å². The number of hydrogen-bond acceptors (Lipinski definition) is 3. The molecule has 0 spiro atoms. The van der Waals surface area contributed by atoms with Crippen LogP contribution in [0.25, 0.3) is 0 Å². The van der Waals surface area contributed by atoms with Crippen LogP contribution in [0.1, 0.15) is 15.9 Å². The highest BCUT2D eigenvalue weighted by Gasteiger charge is 2.12. The average molecular weight is 381 g/mol. The van der Waals surface area contributed by atoms with Gasteiger partial charge in [-0.25, -0.2) is 4.39 Å². The second-order valence-electron chi connectivity index (χ2n) is 5.20. The van der Waals surface area contributed by atoms with Gasteiger partial charge in [-0.2, -0.15) is 0 Å². The first-order chi connectivity index (χ1) is 10.9. The van der Waals surface area contributed by atoms with Gasteiger partial charge in [-0.05, 0) is 36.4 Å². The molecule has 0 aliphatic carbocycles. The number of methoxy groups -OCH3 is 1. The van der Waals surface area contributed by atoms with E-state index in [4.69, 9.17) is 4.74 Å². The number of amides is 1. The minimum absolute atomic E-state index is 0.280. The Labute approximate surface area is 143 Å². The zero-order chi connectivity index (χ0) is 17.0. The van der Waals surface area contributed by atoms with Crippen LogP contribution < -0.4 is 15.0 Å². The first-order valence-corrected chi connectivity index (χ1v) is 7.79. The Kier molecular flexibility index (Phi) is 5.60. The molecule has 0 unspecified atom stereocenters. The standard InChI is InChI=1S/C17H18BrFN2O2/c1-21(2)15-6-4-11(9-14(15)19)17(22)20-10-12-8-13(18)5-7-16(12)23-3/h4-9H,10H2,1-3H3,(H,20,22). The molecule has 2 rings (SSSR count). The van der Waals surface area contributed by atoms with Crippen molar-refractivity contribution >= 4 is 27.5 Å².